The lowest BCUT2D eigenvalue weighted by atomic mass is 9.83. The van der Waals surface area contributed by atoms with Gasteiger partial charge in [0.05, 0.1) is 5.69 Å². The van der Waals surface area contributed by atoms with E-state index in [9.17, 15) is 0 Å². The lowest BCUT2D eigenvalue weighted by molar-refractivity contribution is 0.812. The highest BCUT2D eigenvalue weighted by Crippen LogP contribution is 2.41. The highest BCUT2D eigenvalue weighted by atomic mass is 15.1. The Bertz CT molecular complexity index is 2610. The molecule has 0 aliphatic heterocycles. The number of hydrogen-bond donors (Lipinski definition) is 0. The van der Waals surface area contributed by atoms with E-state index in [1.807, 2.05) is 0 Å². The second kappa shape index (κ2) is 14.5. The highest BCUT2D eigenvalue weighted by molar-refractivity contribution is 5.99. The van der Waals surface area contributed by atoms with E-state index in [-0.39, 0.29) is 5.92 Å². The number of benzene rings is 9. The Hall–Kier alpha value is -6.70. The average Bonchev–Trinajstić information content (AvgIpc) is 3.24. The van der Waals surface area contributed by atoms with Gasteiger partial charge in [0, 0.05) is 22.7 Å². The SMILES string of the molecule is c1ccc(CC(c2ccc(-c3ccccc3-c3ccc(N(c4ccccc4)c4cccc5ccccc45)cc3)cc2)c2cccc3ccccc23)cc1. The molecule has 0 heterocycles. The molecule has 1 atom stereocenters. The van der Waals surface area contributed by atoms with Gasteiger partial charge in [-0.15, -0.1) is 0 Å². The third kappa shape index (κ3) is 6.50. The summed E-state index contributed by atoms with van der Waals surface area (Å²) in [6, 6.07) is 79.3. The Morgan fingerprint density at radius 3 is 1.53 bits per heavy atom. The summed E-state index contributed by atoms with van der Waals surface area (Å²) >= 11 is 0. The van der Waals surface area contributed by atoms with Gasteiger partial charge in [0.25, 0.3) is 0 Å². The van der Waals surface area contributed by atoms with E-state index in [1.165, 1.54) is 60.5 Å². The van der Waals surface area contributed by atoms with Gasteiger partial charge in [-0.25, -0.2) is 0 Å². The predicted molar refractivity (Wildman–Crippen MR) is 225 cm³/mol. The van der Waals surface area contributed by atoms with Crippen molar-refractivity contribution in [3.05, 3.63) is 235 Å². The summed E-state index contributed by atoms with van der Waals surface area (Å²) in [7, 11) is 0. The van der Waals surface area contributed by atoms with Gasteiger partial charge in [0.1, 0.15) is 0 Å². The first-order valence-corrected chi connectivity index (χ1v) is 18.4. The maximum Gasteiger partial charge on any atom is 0.0540 e. The van der Waals surface area contributed by atoms with Gasteiger partial charge in [0.2, 0.25) is 0 Å². The van der Waals surface area contributed by atoms with E-state index in [0.29, 0.717) is 0 Å². The Balaban J connectivity index is 1.07. The molecule has 9 rings (SSSR count). The van der Waals surface area contributed by atoms with Crippen molar-refractivity contribution in [1.29, 1.82) is 0 Å². The summed E-state index contributed by atoms with van der Waals surface area (Å²) in [6.07, 6.45) is 0.940. The van der Waals surface area contributed by atoms with Crippen LogP contribution in [0.3, 0.4) is 0 Å². The number of para-hydroxylation sites is 1. The van der Waals surface area contributed by atoms with Crippen molar-refractivity contribution in [3.8, 4) is 22.3 Å². The summed E-state index contributed by atoms with van der Waals surface area (Å²) in [5.74, 6) is 0.231. The maximum atomic E-state index is 2.36. The van der Waals surface area contributed by atoms with Crippen LogP contribution in [0.1, 0.15) is 22.6 Å². The topological polar surface area (TPSA) is 3.24 Å². The molecule has 0 radical (unpaired) electrons. The van der Waals surface area contributed by atoms with Gasteiger partial charge in [0.15, 0.2) is 0 Å². The monoisotopic (exact) mass is 677 g/mol. The van der Waals surface area contributed by atoms with Crippen LogP contribution < -0.4 is 4.90 Å². The van der Waals surface area contributed by atoms with Gasteiger partial charge in [-0.05, 0) is 91.9 Å². The smallest absolute Gasteiger partial charge is 0.0540 e. The first-order chi connectivity index (χ1) is 26.3. The summed E-state index contributed by atoms with van der Waals surface area (Å²) in [4.78, 5) is 2.36. The summed E-state index contributed by atoms with van der Waals surface area (Å²) in [5, 5.41) is 5.05. The minimum atomic E-state index is 0.231. The van der Waals surface area contributed by atoms with Gasteiger partial charge < -0.3 is 4.90 Å². The zero-order chi connectivity index (χ0) is 35.4. The number of nitrogens with zero attached hydrogens (tertiary/aromatic N) is 1. The van der Waals surface area contributed by atoms with Crippen LogP contribution in [-0.4, -0.2) is 0 Å². The van der Waals surface area contributed by atoms with Crippen LogP contribution in [0.25, 0.3) is 43.8 Å². The lowest BCUT2D eigenvalue weighted by Gasteiger charge is -2.27. The number of rotatable bonds is 9. The first-order valence-electron chi connectivity index (χ1n) is 18.4. The van der Waals surface area contributed by atoms with Crippen LogP contribution in [-0.2, 0) is 6.42 Å². The number of hydrogen-bond acceptors (Lipinski definition) is 1. The summed E-state index contributed by atoms with van der Waals surface area (Å²) < 4.78 is 0. The van der Waals surface area contributed by atoms with Crippen molar-refractivity contribution in [2.24, 2.45) is 0 Å². The Kier molecular flexibility index (Phi) is 8.82. The van der Waals surface area contributed by atoms with Gasteiger partial charge in [-0.3, -0.25) is 0 Å². The summed E-state index contributed by atoms with van der Waals surface area (Å²) in [6.45, 7) is 0. The molecular formula is C52H39N. The van der Waals surface area contributed by atoms with E-state index >= 15 is 0 Å². The second-order valence-electron chi connectivity index (χ2n) is 13.7. The minimum Gasteiger partial charge on any atom is -0.310 e. The largest absolute Gasteiger partial charge is 0.310 e. The quantitative estimate of drug-likeness (QED) is 0.147. The fourth-order valence-electron chi connectivity index (χ4n) is 7.89. The minimum absolute atomic E-state index is 0.231. The van der Waals surface area contributed by atoms with Crippen LogP contribution in [0.4, 0.5) is 17.1 Å². The molecule has 0 bridgehead atoms. The molecule has 1 nitrogen and oxygen atoms in total. The van der Waals surface area contributed by atoms with E-state index in [1.54, 1.807) is 0 Å². The molecule has 0 amide bonds. The van der Waals surface area contributed by atoms with Crippen molar-refractivity contribution >= 4 is 38.6 Å². The molecule has 53 heavy (non-hydrogen) atoms. The molecule has 1 heteroatoms. The van der Waals surface area contributed by atoms with Crippen LogP contribution >= 0.6 is 0 Å². The predicted octanol–water partition coefficient (Wildman–Crippen LogP) is 14.2. The Labute approximate surface area is 312 Å². The van der Waals surface area contributed by atoms with Crippen molar-refractivity contribution in [2.45, 2.75) is 12.3 Å². The first kappa shape index (κ1) is 32.2. The third-order valence-corrected chi connectivity index (χ3v) is 10.5. The normalized spacial score (nSPS) is 11.8. The lowest BCUT2D eigenvalue weighted by Crippen LogP contribution is -2.10. The third-order valence-electron chi connectivity index (χ3n) is 10.5. The van der Waals surface area contributed by atoms with Crippen LogP contribution in [0.15, 0.2) is 218 Å². The average molecular weight is 678 g/mol. The molecule has 0 saturated carbocycles. The number of anilines is 3. The van der Waals surface area contributed by atoms with E-state index in [2.05, 4.69) is 223 Å². The van der Waals surface area contributed by atoms with Gasteiger partial charge in [-0.1, -0.05) is 188 Å². The second-order valence-corrected chi connectivity index (χ2v) is 13.7. The molecule has 9 aromatic carbocycles. The molecule has 0 aromatic heterocycles. The van der Waals surface area contributed by atoms with E-state index < -0.39 is 0 Å². The zero-order valence-corrected chi connectivity index (χ0v) is 29.5. The van der Waals surface area contributed by atoms with Crippen molar-refractivity contribution in [1.82, 2.24) is 0 Å². The van der Waals surface area contributed by atoms with Gasteiger partial charge in [-0.2, -0.15) is 0 Å². The van der Waals surface area contributed by atoms with Crippen molar-refractivity contribution in [3.63, 3.8) is 0 Å². The molecular weight excluding hydrogens is 639 g/mol. The molecule has 0 saturated heterocycles. The molecule has 0 aliphatic rings. The molecule has 1 unspecified atom stereocenters. The molecule has 0 fully saturated rings. The zero-order valence-electron chi connectivity index (χ0n) is 29.5. The fourth-order valence-corrected chi connectivity index (χ4v) is 7.89. The van der Waals surface area contributed by atoms with E-state index in [4.69, 9.17) is 0 Å². The number of fused-ring (bicyclic) bond motifs is 2. The Morgan fingerprint density at radius 2 is 0.849 bits per heavy atom. The van der Waals surface area contributed by atoms with Crippen LogP contribution in [0, 0.1) is 0 Å². The van der Waals surface area contributed by atoms with Crippen LogP contribution in [0.2, 0.25) is 0 Å². The van der Waals surface area contributed by atoms with Crippen molar-refractivity contribution in [2.75, 3.05) is 4.90 Å². The summed E-state index contributed by atoms with van der Waals surface area (Å²) in [5.41, 5.74) is 12.3. The molecule has 0 spiro atoms. The van der Waals surface area contributed by atoms with Gasteiger partial charge >= 0.3 is 0 Å². The standard InChI is InChI=1S/C52H39N/c1-3-15-38(16-4-1)37-51(50-27-13-19-39-17-7-9-25-48(39)50)43-31-29-41(30-32-43)46-23-11-12-24-47(46)42-33-35-45(36-34-42)53(44-21-5-2-6-22-44)52-28-14-20-40-18-8-10-26-49(40)52/h1-36,51H,37H2. The molecule has 9 aromatic rings. The molecule has 252 valence electrons. The molecule has 0 N–H and O–H groups in total. The Morgan fingerprint density at radius 1 is 0.358 bits per heavy atom. The molecule has 0 aliphatic carbocycles. The highest BCUT2D eigenvalue weighted by Gasteiger charge is 2.19. The fraction of sp³-hybridized carbons (Fsp3) is 0.0385. The van der Waals surface area contributed by atoms with E-state index in [0.717, 1.165) is 23.5 Å². The van der Waals surface area contributed by atoms with Crippen molar-refractivity contribution < 1.29 is 0 Å². The maximum absolute atomic E-state index is 2.36. The van der Waals surface area contributed by atoms with Crippen LogP contribution in [0.5, 0.6) is 0 Å².